The molecule has 0 aromatic rings. The lowest BCUT2D eigenvalue weighted by Crippen LogP contribution is -2.06. The SMILES string of the molecule is CCOC(=O)C1=CCC(C)C1. The van der Waals surface area contributed by atoms with E-state index < -0.39 is 0 Å². The summed E-state index contributed by atoms with van der Waals surface area (Å²) < 4.78 is 4.87. The maximum absolute atomic E-state index is 11.1. The van der Waals surface area contributed by atoms with E-state index in [0.29, 0.717) is 12.5 Å². The van der Waals surface area contributed by atoms with Gasteiger partial charge >= 0.3 is 5.97 Å². The zero-order valence-electron chi connectivity index (χ0n) is 7.09. The Morgan fingerprint density at radius 2 is 2.55 bits per heavy atom. The Labute approximate surface area is 67.2 Å². The van der Waals surface area contributed by atoms with Crippen molar-refractivity contribution < 1.29 is 9.53 Å². The summed E-state index contributed by atoms with van der Waals surface area (Å²) in [4.78, 5) is 11.1. The summed E-state index contributed by atoms with van der Waals surface area (Å²) in [5, 5.41) is 0. The van der Waals surface area contributed by atoms with E-state index in [4.69, 9.17) is 4.74 Å². The van der Waals surface area contributed by atoms with Crippen molar-refractivity contribution in [3.8, 4) is 0 Å². The standard InChI is InChI=1S/C9H14O2/c1-3-11-9(10)8-5-4-7(2)6-8/h5,7H,3-4,6H2,1-2H3. The molecule has 0 aromatic carbocycles. The third-order valence-corrected chi connectivity index (χ3v) is 1.87. The first-order valence-corrected chi connectivity index (χ1v) is 4.10. The topological polar surface area (TPSA) is 26.3 Å². The Morgan fingerprint density at radius 1 is 1.82 bits per heavy atom. The molecule has 0 aliphatic heterocycles. The van der Waals surface area contributed by atoms with Crippen molar-refractivity contribution in [1.82, 2.24) is 0 Å². The predicted octanol–water partition coefficient (Wildman–Crippen LogP) is 1.91. The fourth-order valence-electron chi connectivity index (χ4n) is 1.28. The molecule has 1 rings (SSSR count). The fourth-order valence-corrected chi connectivity index (χ4v) is 1.28. The fraction of sp³-hybridized carbons (Fsp3) is 0.667. The first kappa shape index (κ1) is 8.31. The van der Waals surface area contributed by atoms with Gasteiger partial charge in [0.2, 0.25) is 0 Å². The summed E-state index contributed by atoms with van der Waals surface area (Å²) in [6.07, 6.45) is 3.90. The van der Waals surface area contributed by atoms with E-state index in [-0.39, 0.29) is 5.97 Å². The van der Waals surface area contributed by atoms with Crippen molar-refractivity contribution >= 4 is 5.97 Å². The second-order valence-corrected chi connectivity index (χ2v) is 2.99. The smallest absolute Gasteiger partial charge is 0.333 e. The van der Waals surface area contributed by atoms with Gasteiger partial charge in [0, 0.05) is 5.57 Å². The molecule has 0 aromatic heterocycles. The largest absolute Gasteiger partial charge is 0.463 e. The highest BCUT2D eigenvalue weighted by atomic mass is 16.5. The number of allylic oxidation sites excluding steroid dienone is 1. The lowest BCUT2D eigenvalue weighted by atomic mass is 10.1. The molecule has 0 radical (unpaired) electrons. The van der Waals surface area contributed by atoms with Crippen molar-refractivity contribution in [3.63, 3.8) is 0 Å². The Hall–Kier alpha value is -0.790. The van der Waals surface area contributed by atoms with Crippen LogP contribution in [0.4, 0.5) is 0 Å². The van der Waals surface area contributed by atoms with E-state index in [1.54, 1.807) is 0 Å². The van der Waals surface area contributed by atoms with Crippen LogP contribution in [0.3, 0.4) is 0 Å². The van der Waals surface area contributed by atoms with Crippen molar-refractivity contribution in [2.24, 2.45) is 5.92 Å². The number of rotatable bonds is 2. The minimum atomic E-state index is -0.128. The first-order chi connectivity index (χ1) is 5.24. The average molecular weight is 154 g/mol. The van der Waals surface area contributed by atoms with Gasteiger partial charge in [-0.15, -0.1) is 0 Å². The van der Waals surface area contributed by atoms with E-state index in [1.807, 2.05) is 13.0 Å². The molecule has 62 valence electrons. The number of ether oxygens (including phenoxy) is 1. The Balaban J connectivity index is 2.43. The van der Waals surface area contributed by atoms with Gasteiger partial charge in [-0.05, 0) is 25.7 Å². The monoisotopic (exact) mass is 154 g/mol. The molecule has 2 nitrogen and oxygen atoms in total. The van der Waals surface area contributed by atoms with E-state index in [2.05, 4.69) is 6.92 Å². The molecule has 2 heteroatoms. The first-order valence-electron chi connectivity index (χ1n) is 4.10. The molecule has 0 bridgehead atoms. The molecule has 0 amide bonds. The van der Waals surface area contributed by atoms with Crippen molar-refractivity contribution in [2.75, 3.05) is 6.61 Å². The van der Waals surface area contributed by atoms with Gasteiger partial charge in [-0.3, -0.25) is 0 Å². The van der Waals surface area contributed by atoms with Gasteiger partial charge in [0.1, 0.15) is 0 Å². The molecule has 1 unspecified atom stereocenters. The van der Waals surface area contributed by atoms with E-state index >= 15 is 0 Å². The molecule has 0 fully saturated rings. The number of carbonyl (C=O) groups excluding carboxylic acids is 1. The van der Waals surface area contributed by atoms with Gasteiger partial charge in [-0.1, -0.05) is 13.0 Å². The summed E-state index contributed by atoms with van der Waals surface area (Å²) in [5.74, 6) is 0.492. The minimum absolute atomic E-state index is 0.128. The van der Waals surface area contributed by atoms with Crippen LogP contribution in [0.2, 0.25) is 0 Å². The van der Waals surface area contributed by atoms with Crippen molar-refractivity contribution in [1.29, 1.82) is 0 Å². The number of carbonyl (C=O) groups is 1. The third kappa shape index (κ3) is 2.07. The normalized spacial score (nSPS) is 23.1. The Kier molecular flexibility index (Phi) is 2.69. The molecule has 0 saturated heterocycles. The minimum Gasteiger partial charge on any atom is -0.463 e. The van der Waals surface area contributed by atoms with Gasteiger partial charge in [0.25, 0.3) is 0 Å². The Bertz CT molecular complexity index is 182. The maximum Gasteiger partial charge on any atom is 0.333 e. The molecule has 0 saturated carbocycles. The lowest BCUT2D eigenvalue weighted by Gasteiger charge is -2.02. The summed E-state index contributed by atoms with van der Waals surface area (Å²) in [6.45, 7) is 4.45. The molecule has 1 aliphatic carbocycles. The van der Waals surface area contributed by atoms with Gasteiger partial charge in [0.05, 0.1) is 6.61 Å². The molecular formula is C9H14O2. The van der Waals surface area contributed by atoms with Gasteiger partial charge in [-0.2, -0.15) is 0 Å². The van der Waals surface area contributed by atoms with Crippen LogP contribution in [0.15, 0.2) is 11.6 Å². The van der Waals surface area contributed by atoms with E-state index in [9.17, 15) is 4.79 Å². The molecule has 1 aliphatic rings. The molecule has 1 atom stereocenters. The molecule has 0 heterocycles. The van der Waals surface area contributed by atoms with Crippen LogP contribution in [0, 0.1) is 5.92 Å². The van der Waals surface area contributed by atoms with Gasteiger partial charge in [-0.25, -0.2) is 4.79 Å². The van der Waals surface area contributed by atoms with Crippen LogP contribution in [0.25, 0.3) is 0 Å². The van der Waals surface area contributed by atoms with Crippen molar-refractivity contribution in [3.05, 3.63) is 11.6 Å². The number of esters is 1. The van der Waals surface area contributed by atoms with Crippen LogP contribution in [-0.4, -0.2) is 12.6 Å². The average Bonchev–Trinajstić information content (AvgIpc) is 2.36. The zero-order chi connectivity index (χ0) is 8.27. The Morgan fingerprint density at radius 3 is 3.00 bits per heavy atom. The van der Waals surface area contributed by atoms with Crippen LogP contribution in [0.1, 0.15) is 26.7 Å². The van der Waals surface area contributed by atoms with E-state index in [0.717, 1.165) is 18.4 Å². The maximum atomic E-state index is 11.1. The highest BCUT2D eigenvalue weighted by molar-refractivity contribution is 5.88. The van der Waals surface area contributed by atoms with Crippen LogP contribution < -0.4 is 0 Å². The van der Waals surface area contributed by atoms with Gasteiger partial charge in [0.15, 0.2) is 0 Å². The second kappa shape index (κ2) is 3.56. The summed E-state index contributed by atoms with van der Waals surface area (Å²) in [5.41, 5.74) is 0.861. The lowest BCUT2D eigenvalue weighted by molar-refractivity contribution is -0.138. The predicted molar refractivity (Wildman–Crippen MR) is 43.1 cm³/mol. The van der Waals surface area contributed by atoms with Crippen LogP contribution in [0.5, 0.6) is 0 Å². The number of hydrogen-bond acceptors (Lipinski definition) is 2. The highest BCUT2D eigenvalue weighted by Gasteiger charge is 2.18. The van der Waals surface area contributed by atoms with Crippen LogP contribution in [-0.2, 0) is 9.53 Å². The summed E-state index contributed by atoms with van der Waals surface area (Å²) >= 11 is 0. The third-order valence-electron chi connectivity index (χ3n) is 1.87. The quantitative estimate of drug-likeness (QED) is 0.568. The van der Waals surface area contributed by atoms with Gasteiger partial charge < -0.3 is 4.74 Å². The summed E-state index contributed by atoms with van der Waals surface area (Å²) in [7, 11) is 0. The molecule has 11 heavy (non-hydrogen) atoms. The highest BCUT2D eigenvalue weighted by Crippen LogP contribution is 2.24. The second-order valence-electron chi connectivity index (χ2n) is 2.99. The van der Waals surface area contributed by atoms with Crippen LogP contribution >= 0.6 is 0 Å². The zero-order valence-corrected chi connectivity index (χ0v) is 7.09. The number of hydrogen-bond donors (Lipinski definition) is 0. The molecule has 0 N–H and O–H groups in total. The summed E-state index contributed by atoms with van der Waals surface area (Å²) in [6, 6.07) is 0. The van der Waals surface area contributed by atoms with Crippen molar-refractivity contribution in [2.45, 2.75) is 26.7 Å². The molecular weight excluding hydrogens is 140 g/mol. The molecule has 0 spiro atoms. The van der Waals surface area contributed by atoms with E-state index in [1.165, 1.54) is 0 Å².